The van der Waals surface area contributed by atoms with Gasteiger partial charge in [-0.05, 0) is 60.1 Å². The van der Waals surface area contributed by atoms with Gasteiger partial charge in [0.05, 0.1) is 19.8 Å². The lowest BCUT2D eigenvalue weighted by Gasteiger charge is -2.29. The van der Waals surface area contributed by atoms with E-state index in [2.05, 4.69) is 41.5 Å². The third kappa shape index (κ3) is 6.18. The van der Waals surface area contributed by atoms with Gasteiger partial charge in [-0.2, -0.15) is 0 Å². The van der Waals surface area contributed by atoms with Crippen LogP contribution in [0.1, 0.15) is 25.3 Å². The number of ether oxygens (including phenoxy) is 1. The number of amides is 1. The number of carbonyl (C=O) groups excluding carboxylic acids is 1. The maximum Gasteiger partial charge on any atom is 0.243 e. The number of carbonyl (C=O) groups is 1. The number of anilines is 3. The van der Waals surface area contributed by atoms with E-state index in [-0.39, 0.29) is 12.5 Å². The zero-order valence-electron chi connectivity index (χ0n) is 17.9. The van der Waals surface area contributed by atoms with Crippen LogP contribution in [-0.2, 0) is 9.53 Å². The van der Waals surface area contributed by atoms with Crippen LogP contribution in [0.5, 0.6) is 0 Å². The molecule has 1 aliphatic rings. The molecule has 7 heteroatoms. The van der Waals surface area contributed by atoms with Crippen molar-refractivity contribution in [2.24, 2.45) is 0 Å². The van der Waals surface area contributed by atoms with Crippen molar-refractivity contribution in [1.82, 2.24) is 4.90 Å². The van der Waals surface area contributed by atoms with Gasteiger partial charge in [0.25, 0.3) is 0 Å². The highest BCUT2D eigenvalue weighted by Crippen LogP contribution is 2.19. The molecule has 30 heavy (non-hydrogen) atoms. The quantitative estimate of drug-likeness (QED) is 0.683. The van der Waals surface area contributed by atoms with E-state index in [0.29, 0.717) is 11.0 Å². The Morgan fingerprint density at radius 3 is 2.20 bits per heavy atom. The Balaban J connectivity index is 1.48. The molecule has 0 aliphatic carbocycles. The topological polar surface area (TPSA) is 56.8 Å². The number of nitrogens with one attached hydrogen (secondary N) is 2. The van der Waals surface area contributed by atoms with Crippen LogP contribution in [0.4, 0.5) is 17.1 Å². The van der Waals surface area contributed by atoms with Gasteiger partial charge in [-0.3, -0.25) is 4.79 Å². The highest BCUT2D eigenvalue weighted by atomic mass is 32.1. The van der Waals surface area contributed by atoms with Crippen LogP contribution in [0.2, 0.25) is 0 Å². The van der Waals surface area contributed by atoms with Crippen molar-refractivity contribution < 1.29 is 9.53 Å². The molecule has 0 aromatic heterocycles. The molecule has 1 saturated heterocycles. The molecule has 1 amide bonds. The van der Waals surface area contributed by atoms with Gasteiger partial charge >= 0.3 is 0 Å². The molecule has 1 aliphatic heterocycles. The Kier molecular flexibility index (Phi) is 7.65. The highest BCUT2D eigenvalue weighted by Gasteiger charge is 2.13. The molecule has 0 spiro atoms. The molecule has 2 aromatic rings. The van der Waals surface area contributed by atoms with Crippen LogP contribution >= 0.6 is 12.2 Å². The second-order valence-corrected chi connectivity index (χ2v) is 8.14. The highest BCUT2D eigenvalue weighted by molar-refractivity contribution is 7.80. The summed E-state index contributed by atoms with van der Waals surface area (Å²) in [5.74, 6) is 0.372. The molecule has 0 bridgehead atoms. The summed E-state index contributed by atoms with van der Waals surface area (Å²) in [6.07, 6.45) is 0. The first kappa shape index (κ1) is 22.1. The lowest BCUT2D eigenvalue weighted by molar-refractivity contribution is -0.116. The minimum Gasteiger partial charge on any atom is -0.378 e. The maximum atomic E-state index is 12.4. The molecule has 0 radical (unpaired) electrons. The Morgan fingerprint density at radius 1 is 1.03 bits per heavy atom. The number of benzene rings is 2. The summed E-state index contributed by atoms with van der Waals surface area (Å²) in [5, 5.41) is 6.62. The smallest absolute Gasteiger partial charge is 0.243 e. The number of rotatable bonds is 6. The molecular weight excluding hydrogens is 396 g/mol. The number of hydrogen-bond donors (Lipinski definition) is 2. The van der Waals surface area contributed by atoms with Crippen LogP contribution in [0.25, 0.3) is 0 Å². The first-order valence-electron chi connectivity index (χ1n) is 10.3. The van der Waals surface area contributed by atoms with Crippen LogP contribution < -0.4 is 15.5 Å². The van der Waals surface area contributed by atoms with Crippen molar-refractivity contribution >= 4 is 40.3 Å². The number of morpholine rings is 1. The van der Waals surface area contributed by atoms with E-state index in [1.54, 1.807) is 11.9 Å². The average molecular weight is 427 g/mol. The third-order valence-corrected chi connectivity index (χ3v) is 5.50. The molecule has 1 fully saturated rings. The fraction of sp³-hybridized carbons (Fsp3) is 0.391. The van der Waals surface area contributed by atoms with Crippen LogP contribution in [-0.4, -0.2) is 55.8 Å². The standard InChI is InChI=1S/C23H30N4O2S/c1-17(2)18-4-6-20(7-5-18)25-23(30)26(3)16-22(28)24-19-8-10-21(11-9-19)27-12-14-29-15-13-27/h4-11,17H,12-16H2,1-3H3,(H,24,28)(H,25,30). The summed E-state index contributed by atoms with van der Waals surface area (Å²) >= 11 is 5.43. The fourth-order valence-electron chi connectivity index (χ4n) is 3.24. The summed E-state index contributed by atoms with van der Waals surface area (Å²) < 4.78 is 5.39. The molecular formula is C23H30N4O2S. The minimum absolute atomic E-state index is 0.115. The lowest BCUT2D eigenvalue weighted by atomic mass is 10.0. The van der Waals surface area contributed by atoms with E-state index in [1.165, 1.54) is 5.56 Å². The number of likely N-dealkylation sites (N-methyl/N-ethyl adjacent to an activating group) is 1. The lowest BCUT2D eigenvalue weighted by Crippen LogP contribution is -2.37. The van der Waals surface area contributed by atoms with Gasteiger partial charge in [0, 0.05) is 37.2 Å². The first-order chi connectivity index (χ1) is 14.4. The predicted octanol–water partition coefficient (Wildman–Crippen LogP) is 3.91. The second-order valence-electron chi connectivity index (χ2n) is 7.76. The Morgan fingerprint density at radius 2 is 1.60 bits per heavy atom. The van der Waals surface area contributed by atoms with Gasteiger partial charge in [0.15, 0.2) is 5.11 Å². The predicted molar refractivity (Wildman–Crippen MR) is 127 cm³/mol. The first-order valence-corrected chi connectivity index (χ1v) is 10.7. The summed E-state index contributed by atoms with van der Waals surface area (Å²) in [6.45, 7) is 7.77. The molecule has 2 N–H and O–H groups in total. The van der Waals surface area contributed by atoms with Gasteiger partial charge in [-0.25, -0.2) is 0 Å². The third-order valence-electron chi connectivity index (χ3n) is 5.08. The molecule has 1 heterocycles. The Hall–Kier alpha value is -2.64. The largest absolute Gasteiger partial charge is 0.378 e. The van der Waals surface area contributed by atoms with Crippen molar-refractivity contribution in [2.75, 3.05) is 55.4 Å². The van der Waals surface area contributed by atoms with Gasteiger partial charge in [0.1, 0.15) is 0 Å². The fourth-order valence-corrected chi connectivity index (χ4v) is 3.42. The van der Waals surface area contributed by atoms with E-state index in [4.69, 9.17) is 17.0 Å². The van der Waals surface area contributed by atoms with Crippen molar-refractivity contribution in [1.29, 1.82) is 0 Å². The van der Waals surface area contributed by atoms with Gasteiger partial charge < -0.3 is 25.2 Å². The molecule has 160 valence electrons. The van der Waals surface area contributed by atoms with Crippen molar-refractivity contribution in [3.63, 3.8) is 0 Å². The van der Waals surface area contributed by atoms with Crippen molar-refractivity contribution in [2.45, 2.75) is 19.8 Å². The Bertz CT molecular complexity index is 847. The van der Waals surface area contributed by atoms with E-state index in [0.717, 1.165) is 43.4 Å². The summed E-state index contributed by atoms with van der Waals surface area (Å²) in [7, 11) is 1.80. The van der Waals surface area contributed by atoms with Gasteiger partial charge in [0.2, 0.25) is 5.91 Å². The number of thiocarbonyl (C=S) groups is 1. The zero-order chi connectivity index (χ0) is 21.5. The molecule has 2 aromatic carbocycles. The summed E-state index contributed by atoms with van der Waals surface area (Å²) in [5.41, 5.74) is 4.10. The number of hydrogen-bond acceptors (Lipinski definition) is 4. The molecule has 0 unspecified atom stereocenters. The number of nitrogens with zero attached hydrogens (tertiary/aromatic N) is 2. The van der Waals surface area contributed by atoms with Crippen LogP contribution in [0.15, 0.2) is 48.5 Å². The average Bonchev–Trinajstić information content (AvgIpc) is 2.75. The molecule has 0 atom stereocenters. The van der Waals surface area contributed by atoms with Crippen molar-refractivity contribution in [3.8, 4) is 0 Å². The zero-order valence-corrected chi connectivity index (χ0v) is 18.7. The molecule has 3 rings (SSSR count). The maximum absolute atomic E-state index is 12.4. The second kappa shape index (κ2) is 10.4. The van der Waals surface area contributed by atoms with Crippen LogP contribution in [0, 0.1) is 0 Å². The van der Waals surface area contributed by atoms with E-state index in [1.807, 2.05) is 36.4 Å². The van der Waals surface area contributed by atoms with E-state index >= 15 is 0 Å². The SMILES string of the molecule is CC(C)c1ccc(NC(=S)N(C)CC(=O)Nc2ccc(N3CCOCC3)cc2)cc1. The van der Waals surface area contributed by atoms with Gasteiger partial charge in [-0.1, -0.05) is 26.0 Å². The Labute approximate surface area is 184 Å². The molecule has 0 saturated carbocycles. The van der Waals surface area contributed by atoms with Crippen LogP contribution in [0.3, 0.4) is 0 Å². The minimum atomic E-state index is -0.115. The summed E-state index contributed by atoms with van der Waals surface area (Å²) in [4.78, 5) is 16.4. The monoisotopic (exact) mass is 426 g/mol. The van der Waals surface area contributed by atoms with E-state index in [9.17, 15) is 4.79 Å². The van der Waals surface area contributed by atoms with E-state index < -0.39 is 0 Å². The summed E-state index contributed by atoms with van der Waals surface area (Å²) in [6, 6.07) is 16.1. The molecule has 6 nitrogen and oxygen atoms in total. The van der Waals surface area contributed by atoms with Gasteiger partial charge in [-0.15, -0.1) is 0 Å². The van der Waals surface area contributed by atoms with Crippen molar-refractivity contribution in [3.05, 3.63) is 54.1 Å². The normalized spacial score (nSPS) is 13.8.